The van der Waals surface area contributed by atoms with Crippen molar-refractivity contribution in [3.8, 4) is 0 Å². The Bertz CT molecular complexity index is 398. The molecule has 0 aliphatic heterocycles. The number of aromatic nitrogens is 2. The van der Waals surface area contributed by atoms with Crippen molar-refractivity contribution in [2.45, 2.75) is 18.9 Å². The molecular formula is C6H6N4O4. The number of fused-ring (bicyclic) bond motifs is 1. The van der Waals surface area contributed by atoms with E-state index < -0.39 is 11.0 Å². The lowest BCUT2D eigenvalue weighted by Crippen LogP contribution is -2.21. The Balaban J connectivity index is 2.47. The fraction of sp³-hybridized carbons (Fsp3) is 0.500. The average Bonchev–Trinajstić information content (AvgIpc) is 2.64. The molecule has 0 spiro atoms. The zero-order valence-corrected chi connectivity index (χ0v) is 6.95. The van der Waals surface area contributed by atoms with Gasteiger partial charge in [0, 0.05) is 17.8 Å². The molecule has 0 amide bonds. The van der Waals surface area contributed by atoms with Crippen LogP contribution in [0.25, 0.3) is 0 Å². The summed E-state index contributed by atoms with van der Waals surface area (Å²) < 4.78 is 4.38. The predicted octanol–water partition coefficient (Wildman–Crippen LogP) is 0.359. The highest BCUT2D eigenvalue weighted by Crippen LogP contribution is 2.29. The Hall–Kier alpha value is -1.99. The molecule has 1 N–H and O–H groups in total. The molecular weight excluding hydrogens is 192 g/mol. The van der Waals surface area contributed by atoms with E-state index in [1.807, 2.05) is 0 Å². The molecule has 0 aromatic carbocycles. The summed E-state index contributed by atoms with van der Waals surface area (Å²) in [5, 5.41) is 29.1. The van der Waals surface area contributed by atoms with E-state index in [9.17, 15) is 10.1 Å². The van der Waals surface area contributed by atoms with Crippen LogP contribution in [0, 0.1) is 10.1 Å². The molecule has 14 heavy (non-hydrogen) atoms. The lowest BCUT2D eigenvalue weighted by atomic mass is 9.95. The van der Waals surface area contributed by atoms with E-state index in [0.717, 1.165) is 0 Å². The van der Waals surface area contributed by atoms with E-state index in [1.165, 1.54) is 0 Å². The monoisotopic (exact) mass is 198 g/mol. The van der Waals surface area contributed by atoms with Gasteiger partial charge in [-0.25, -0.2) is 4.63 Å². The first-order valence-electron chi connectivity index (χ1n) is 3.91. The van der Waals surface area contributed by atoms with Gasteiger partial charge >= 0.3 is 0 Å². The Kier molecular flexibility index (Phi) is 1.88. The summed E-state index contributed by atoms with van der Waals surface area (Å²) in [6.45, 7) is 0. The van der Waals surface area contributed by atoms with Gasteiger partial charge in [0.25, 0.3) is 6.04 Å². The number of nitrogens with zero attached hydrogens (tertiary/aromatic N) is 4. The Morgan fingerprint density at radius 3 is 3.07 bits per heavy atom. The lowest BCUT2D eigenvalue weighted by Gasteiger charge is -2.12. The molecule has 0 fully saturated rings. The van der Waals surface area contributed by atoms with Crippen LogP contribution in [0.3, 0.4) is 0 Å². The van der Waals surface area contributed by atoms with Crippen LogP contribution in [0.4, 0.5) is 0 Å². The van der Waals surface area contributed by atoms with Gasteiger partial charge in [0.2, 0.25) is 0 Å². The van der Waals surface area contributed by atoms with Crippen LogP contribution in [0.2, 0.25) is 0 Å². The SMILES string of the molecule is O=[N+]([O-])C1CCC(=NO)c2nonc21. The maximum Gasteiger partial charge on any atom is 0.260 e. The summed E-state index contributed by atoms with van der Waals surface area (Å²) >= 11 is 0. The molecule has 1 atom stereocenters. The molecule has 8 heteroatoms. The summed E-state index contributed by atoms with van der Waals surface area (Å²) in [4.78, 5) is 10.2. The second-order valence-corrected chi connectivity index (χ2v) is 2.88. The fourth-order valence-electron chi connectivity index (χ4n) is 1.45. The average molecular weight is 198 g/mol. The summed E-state index contributed by atoms with van der Waals surface area (Å²) in [5.74, 6) is 0. The van der Waals surface area contributed by atoms with Gasteiger partial charge in [-0.1, -0.05) is 5.16 Å². The first-order valence-corrected chi connectivity index (χ1v) is 3.91. The quantitative estimate of drug-likeness (QED) is 0.395. The predicted molar refractivity (Wildman–Crippen MR) is 41.6 cm³/mol. The largest absolute Gasteiger partial charge is 0.411 e. The minimum absolute atomic E-state index is 0.133. The zero-order valence-electron chi connectivity index (χ0n) is 6.95. The van der Waals surface area contributed by atoms with Crippen molar-refractivity contribution in [1.29, 1.82) is 0 Å². The van der Waals surface area contributed by atoms with Crippen LogP contribution in [0.15, 0.2) is 9.78 Å². The molecule has 0 saturated heterocycles. The first-order chi connectivity index (χ1) is 6.74. The van der Waals surface area contributed by atoms with Crippen LogP contribution in [0.1, 0.15) is 30.3 Å². The summed E-state index contributed by atoms with van der Waals surface area (Å²) in [6.07, 6.45) is 0.539. The topological polar surface area (TPSA) is 115 Å². The van der Waals surface area contributed by atoms with E-state index in [-0.39, 0.29) is 23.5 Å². The zero-order chi connectivity index (χ0) is 10.1. The Morgan fingerprint density at radius 2 is 2.43 bits per heavy atom. The molecule has 1 heterocycles. The summed E-state index contributed by atoms with van der Waals surface area (Å²) in [6, 6.07) is -0.915. The fourth-order valence-corrected chi connectivity index (χ4v) is 1.45. The third-order valence-electron chi connectivity index (χ3n) is 2.13. The first kappa shape index (κ1) is 8.60. The van der Waals surface area contributed by atoms with E-state index in [4.69, 9.17) is 5.21 Å². The maximum absolute atomic E-state index is 10.6. The molecule has 0 radical (unpaired) electrons. The molecule has 74 valence electrons. The van der Waals surface area contributed by atoms with E-state index in [1.54, 1.807) is 0 Å². The molecule has 1 aromatic rings. The number of rotatable bonds is 1. The van der Waals surface area contributed by atoms with Crippen LogP contribution in [-0.2, 0) is 0 Å². The Labute approximate surface area is 77.3 Å². The third-order valence-corrected chi connectivity index (χ3v) is 2.13. The van der Waals surface area contributed by atoms with Crippen LogP contribution < -0.4 is 0 Å². The molecule has 0 bridgehead atoms. The van der Waals surface area contributed by atoms with Crippen molar-refractivity contribution in [3.63, 3.8) is 0 Å². The number of hydrogen-bond acceptors (Lipinski definition) is 7. The summed E-state index contributed by atoms with van der Waals surface area (Å²) in [5.41, 5.74) is 0.592. The van der Waals surface area contributed by atoms with Crippen molar-refractivity contribution in [2.75, 3.05) is 0 Å². The smallest absolute Gasteiger partial charge is 0.260 e. The van der Waals surface area contributed by atoms with Crippen LogP contribution in [-0.4, -0.2) is 26.2 Å². The Morgan fingerprint density at radius 1 is 1.64 bits per heavy atom. The highest BCUT2D eigenvalue weighted by molar-refractivity contribution is 6.00. The van der Waals surface area contributed by atoms with Crippen molar-refractivity contribution >= 4 is 5.71 Å². The molecule has 1 aliphatic carbocycles. The number of oxime groups is 1. The second kappa shape index (κ2) is 3.05. The standard InChI is InChI=1S/C6H6N4O4/c11-7-3-1-2-4(10(12)13)6-5(3)8-14-9-6/h4,11H,1-2H2. The van der Waals surface area contributed by atoms with Crippen LogP contribution in [0.5, 0.6) is 0 Å². The van der Waals surface area contributed by atoms with Crippen LogP contribution >= 0.6 is 0 Å². The molecule has 1 aliphatic rings. The van der Waals surface area contributed by atoms with Gasteiger partial charge < -0.3 is 5.21 Å². The van der Waals surface area contributed by atoms with Crippen molar-refractivity contribution in [2.24, 2.45) is 5.16 Å². The second-order valence-electron chi connectivity index (χ2n) is 2.88. The van der Waals surface area contributed by atoms with Gasteiger partial charge in [0.1, 0.15) is 5.71 Å². The maximum atomic E-state index is 10.6. The van der Waals surface area contributed by atoms with Gasteiger partial charge in [-0.3, -0.25) is 10.1 Å². The van der Waals surface area contributed by atoms with Gasteiger partial charge in [0.05, 0.1) is 0 Å². The van der Waals surface area contributed by atoms with Gasteiger partial charge in [-0.15, -0.1) is 0 Å². The normalized spacial score (nSPS) is 23.4. The minimum atomic E-state index is -0.915. The summed E-state index contributed by atoms with van der Waals surface area (Å²) in [7, 11) is 0. The van der Waals surface area contributed by atoms with Gasteiger partial charge in [0.15, 0.2) is 11.4 Å². The van der Waals surface area contributed by atoms with E-state index >= 15 is 0 Å². The third kappa shape index (κ3) is 1.11. The van der Waals surface area contributed by atoms with Crippen molar-refractivity contribution < 1.29 is 14.8 Å². The minimum Gasteiger partial charge on any atom is -0.411 e. The highest BCUT2D eigenvalue weighted by atomic mass is 16.6. The molecule has 2 rings (SSSR count). The number of nitro groups is 1. The molecule has 1 unspecified atom stereocenters. The van der Waals surface area contributed by atoms with Gasteiger partial charge in [-0.05, 0) is 10.3 Å². The van der Waals surface area contributed by atoms with Gasteiger partial charge in [-0.2, -0.15) is 0 Å². The van der Waals surface area contributed by atoms with Crippen molar-refractivity contribution in [3.05, 3.63) is 21.5 Å². The molecule has 0 saturated carbocycles. The van der Waals surface area contributed by atoms with Crippen molar-refractivity contribution in [1.82, 2.24) is 10.3 Å². The number of hydrogen-bond donors (Lipinski definition) is 1. The molecule has 1 aromatic heterocycles. The highest BCUT2D eigenvalue weighted by Gasteiger charge is 2.37. The molecule has 8 nitrogen and oxygen atoms in total. The van der Waals surface area contributed by atoms with E-state index in [2.05, 4.69) is 20.1 Å². The van der Waals surface area contributed by atoms with E-state index in [0.29, 0.717) is 6.42 Å². The lowest BCUT2D eigenvalue weighted by molar-refractivity contribution is -0.531.